The van der Waals surface area contributed by atoms with Gasteiger partial charge < -0.3 is 0 Å². The first-order chi connectivity index (χ1) is 16.1. The van der Waals surface area contributed by atoms with Gasteiger partial charge in [0.2, 0.25) is 0 Å². The molecular formula is C29H37FN2S. The summed E-state index contributed by atoms with van der Waals surface area (Å²) < 4.78 is 17.7. The van der Waals surface area contributed by atoms with Crippen molar-refractivity contribution < 1.29 is 4.39 Å². The second kappa shape index (κ2) is 11.4. The van der Waals surface area contributed by atoms with Crippen molar-refractivity contribution in [2.45, 2.75) is 65.3 Å². The Bertz CT molecular complexity index is 1040. The molecule has 0 saturated heterocycles. The molecule has 3 aromatic rings. The summed E-state index contributed by atoms with van der Waals surface area (Å²) in [6.45, 7) is 5.09. The molecule has 176 valence electrons. The van der Waals surface area contributed by atoms with Gasteiger partial charge >= 0.3 is 0 Å². The molecule has 0 bridgehead atoms. The Morgan fingerprint density at radius 3 is 2.42 bits per heavy atom. The quantitative estimate of drug-likeness (QED) is 0.318. The lowest BCUT2D eigenvalue weighted by Gasteiger charge is -2.28. The second-order valence-electron chi connectivity index (χ2n) is 9.57. The number of hydrogen-bond donors (Lipinski definition) is 0. The van der Waals surface area contributed by atoms with Gasteiger partial charge in [-0.2, -0.15) is 16.9 Å². The van der Waals surface area contributed by atoms with E-state index in [9.17, 15) is 0 Å². The minimum Gasteiger partial charge on any atom is -0.268 e. The van der Waals surface area contributed by atoms with E-state index in [1.807, 2.05) is 55.1 Å². The van der Waals surface area contributed by atoms with Crippen LogP contribution in [0.3, 0.4) is 0 Å². The van der Waals surface area contributed by atoms with E-state index >= 15 is 4.39 Å². The fourth-order valence-electron chi connectivity index (χ4n) is 5.38. The Morgan fingerprint density at radius 2 is 1.73 bits per heavy atom. The Morgan fingerprint density at radius 1 is 1.00 bits per heavy atom. The van der Waals surface area contributed by atoms with Gasteiger partial charge in [-0.1, -0.05) is 81.1 Å². The van der Waals surface area contributed by atoms with Gasteiger partial charge in [0.05, 0.1) is 0 Å². The van der Waals surface area contributed by atoms with Crippen LogP contribution in [0, 0.1) is 24.6 Å². The van der Waals surface area contributed by atoms with Gasteiger partial charge in [-0.25, -0.2) is 4.39 Å². The summed E-state index contributed by atoms with van der Waals surface area (Å²) in [4.78, 5) is 0. The van der Waals surface area contributed by atoms with Crippen LogP contribution in [-0.2, 0) is 13.0 Å². The van der Waals surface area contributed by atoms with Crippen molar-refractivity contribution >= 4 is 11.8 Å². The molecule has 1 aromatic heterocycles. The molecule has 2 nitrogen and oxygen atoms in total. The Hall–Kier alpha value is -2.07. The second-order valence-corrected chi connectivity index (χ2v) is 10.6. The molecule has 4 rings (SSSR count). The third-order valence-electron chi connectivity index (χ3n) is 7.20. The predicted octanol–water partition coefficient (Wildman–Crippen LogP) is 8.18. The molecule has 33 heavy (non-hydrogen) atoms. The van der Waals surface area contributed by atoms with E-state index in [0.717, 1.165) is 41.5 Å². The zero-order valence-electron chi connectivity index (χ0n) is 20.3. The smallest absolute Gasteiger partial charge is 0.134 e. The molecule has 0 N–H and O–H groups in total. The van der Waals surface area contributed by atoms with Gasteiger partial charge in [-0.15, -0.1) is 0 Å². The van der Waals surface area contributed by atoms with Crippen molar-refractivity contribution in [3.05, 3.63) is 65.6 Å². The fourth-order valence-corrected chi connectivity index (χ4v) is 5.78. The molecule has 0 amide bonds. The first-order valence-electron chi connectivity index (χ1n) is 12.5. The van der Waals surface area contributed by atoms with Crippen LogP contribution in [0.4, 0.5) is 4.39 Å². The summed E-state index contributed by atoms with van der Waals surface area (Å²) in [6.07, 6.45) is 10.9. The molecule has 2 aromatic carbocycles. The zero-order chi connectivity index (χ0) is 23.2. The number of nitrogens with zero attached hydrogens (tertiary/aromatic N) is 2. The van der Waals surface area contributed by atoms with E-state index in [1.165, 1.54) is 44.2 Å². The normalized spacial score (nSPS) is 18.5. The molecule has 1 aliphatic carbocycles. The highest BCUT2D eigenvalue weighted by molar-refractivity contribution is 7.98. The molecule has 0 spiro atoms. The third-order valence-corrected chi connectivity index (χ3v) is 7.82. The first kappa shape index (κ1) is 24.1. The van der Waals surface area contributed by atoms with Crippen LogP contribution in [0.25, 0.3) is 22.4 Å². The molecule has 1 heterocycles. The molecule has 0 atom stereocenters. The maximum Gasteiger partial charge on any atom is 0.134 e. The summed E-state index contributed by atoms with van der Waals surface area (Å²) in [5.41, 5.74) is 5.51. The predicted molar refractivity (Wildman–Crippen MR) is 140 cm³/mol. The van der Waals surface area contributed by atoms with Crippen LogP contribution in [0.5, 0.6) is 0 Å². The van der Waals surface area contributed by atoms with Gasteiger partial charge in [0.1, 0.15) is 11.5 Å². The van der Waals surface area contributed by atoms with Crippen molar-refractivity contribution in [1.82, 2.24) is 9.78 Å². The van der Waals surface area contributed by atoms with Crippen LogP contribution in [-0.4, -0.2) is 21.8 Å². The van der Waals surface area contributed by atoms with Gasteiger partial charge in [0.25, 0.3) is 0 Å². The van der Waals surface area contributed by atoms with Crippen molar-refractivity contribution in [2.24, 2.45) is 11.8 Å². The first-order valence-corrected chi connectivity index (χ1v) is 13.9. The molecule has 4 heteroatoms. The highest BCUT2D eigenvalue weighted by Gasteiger charge is 2.26. The van der Waals surface area contributed by atoms with Crippen molar-refractivity contribution in [1.29, 1.82) is 0 Å². The lowest BCUT2D eigenvalue weighted by molar-refractivity contribution is 0.235. The number of aromatic nitrogens is 2. The third kappa shape index (κ3) is 5.54. The molecule has 1 aliphatic rings. The Labute approximate surface area is 203 Å². The molecule has 0 aliphatic heterocycles. The lowest BCUT2D eigenvalue weighted by atomic mass is 9.80. The minimum atomic E-state index is -0.125. The largest absolute Gasteiger partial charge is 0.268 e. The standard InChI is InChI=1S/C29H37FN2S/c1-4-9-22-14-16-23(17-15-22)20-32-26(18-19-33-3)27(25-13-8-10-21(2)28(25)30)29(31-32)24-11-6-5-7-12-24/h5-8,10-13,22-23H,4,9,14-20H2,1-3H3. The average molecular weight is 465 g/mol. The lowest BCUT2D eigenvalue weighted by Crippen LogP contribution is -2.21. The molecule has 1 saturated carbocycles. The van der Waals surface area contributed by atoms with E-state index in [4.69, 9.17) is 5.10 Å². The van der Waals surface area contributed by atoms with Crippen molar-refractivity contribution in [3.63, 3.8) is 0 Å². The monoisotopic (exact) mass is 464 g/mol. The van der Waals surface area contributed by atoms with E-state index < -0.39 is 0 Å². The summed E-state index contributed by atoms with van der Waals surface area (Å²) in [5.74, 6) is 2.44. The van der Waals surface area contributed by atoms with Gasteiger partial charge in [-0.05, 0) is 55.6 Å². The molecule has 0 unspecified atom stereocenters. The summed E-state index contributed by atoms with van der Waals surface area (Å²) in [7, 11) is 0. The van der Waals surface area contributed by atoms with Gasteiger partial charge in [0.15, 0.2) is 0 Å². The van der Waals surface area contributed by atoms with E-state index in [1.54, 1.807) is 0 Å². The van der Waals surface area contributed by atoms with Crippen LogP contribution >= 0.6 is 11.8 Å². The molecular weight excluding hydrogens is 427 g/mol. The summed E-state index contributed by atoms with van der Waals surface area (Å²) in [6, 6.07) is 16.0. The van der Waals surface area contributed by atoms with E-state index in [-0.39, 0.29) is 5.82 Å². The van der Waals surface area contributed by atoms with Crippen LogP contribution in [0.15, 0.2) is 48.5 Å². The van der Waals surface area contributed by atoms with Gasteiger partial charge in [-0.3, -0.25) is 4.68 Å². The summed E-state index contributed by atoms with van der Waals surface area (Å²) >= 11 is 1.84. The molecule has 1 fully saturated rings. The minimum absolute atomic E-state index is 0.125. The topological polar surface area (TPSA) is 17.8 Å². The number of aryl methyl sites for hydroxylation is 1. The maximum absolute atomic E-state index is 15.4. The number of thioether (sulfide) groups is 1. The number of hydrogen-bond acceptors (Lipinski definition) is 2. The summed E-state index contributed by atoms with van der Waals surface area (Å²) in [5, 5.41) is 5.17. The maximum atomic E-state index is 15.4. The molecule has 0 radical (unpaired) electrons. The van der Waals surface area contributed by atoms with Crippen molar-refractivity contribution in [2.75, 3.05) is 12.0 Å². The van der Waals surface area contributed by atoms with Crippen LogP contribution in [0.2, 0.25) is 0 Å². The van der Waals surface area contributed by atoms with Crippen LogP contribution in [0.1, 0.15) is 56.7 Å². The fraction of sp³-hybridized carbons (Fsp3) is 0.483. The Balaban J connectivity index is 1.76. The Kier molecular flexibility index (Phi) is 8.29. The highest BCUT2D eigenvalue weighted by Crippen LogP contribution is 2.39. The van der Waals surface area contributed by atoms with Gasteiger partial charge in [0, 0.05) is 28.9 Å². The zero-order valence-corrected chi connectivity index (χ0v) is 21.1. The van der Waals surface area contributed by atoms with E-state index in [0.29, 0.717) is 17.0 Å². The van der Waals surface area contributed by atoms with E-state index in [2.05, 4.69) is 30.0 Å². The highest BCUT2D eigenvalue weighted by atomic mass is 32.2. The number of halogens is 1. The SMILES string of the molecule is CCCC1CCC(Cn2nc(-c3ccccc3)c(-c3cccc(C)c3F)c2CCSC)CC1. The van der Waals surface area contributed by atoms with Crippen molar-refractivity contribution in [3.8, 4) is 22.4 Å². The number of rotatable bonds is 9. The average Bonchev–Trinajstić information content (AvgIpc) is 3.19. The van der Waals surface area contributed by atoms with Crippen LogP contribution < -0.4 is 0 Å². The number of benzene rings is 2.